The van der Waals surface area contributed by atoms with Gasteiger partial charge in [0.15, 0.2) is 0 Å². The number of pyridine rings is 1. The van der Waals surface area contributed by atoms with Crippen molar-refractivity contribution in [3.8, 4) is 0 Å². The molecule has 0 fully saturated rings. The van der Waals surface area contributed by atoms with E-state index < -0.39 is 0 Å². The molecule has 0 spiro atoms. The van der Waals surface area contributed by atoms with Gasteiger partial charge < -0.3 is 0 Å². The van der Waals surface area contributed by atoms with Crippen molar-refractivity contribution in [1.29, 1.82) is 0 Å². The number of aromatic nitrogens is 1. The van der Waals surface area contributed by atoms with Crippen molar-refractivity contribution in [1.82, 2.24) is 10.4 Å². The van der Waals surface area contributed by atoms with Crippen LogP contribution in [0.3, 0.4) is 0 Å². The first-order valence-electron chi connectivity index (χ1n) is 5.03. The second kappa shape index (κ2) is 5.60. The molecule has 17 heavy (non-hydrogen) atoms. The van der Waals surface area contributed by atoms with Crippen LogP contribution in [0.25, 0.3) is 0 Å². The SMILES string of the molecule is NNC(c1cccnc1)c1ccc(Cl)cc1Br. The third kappa shape index (κ3) is 2.84. The van der Waals surface area contributed by atoms with Gasteiger partial charge in [-0.25, -0.2) is 5.43 Å². The summed E-state index contributed by atoms with van der Waals surface area (Å²) in [6.45, 7) is 0. The quantitative estimate of drug-likeness (QED) is 0.676. The van der Waals surface area contributed by atoms with E-state index >= 15 is 0 Å². The number of rotatable bonds is 3. The van der Waals surface area contributed by atoms with Gasteiger partial charge in [-0.1, -0.05) is 39.7 Å². The Morgan fingerprint density at radius 2 is 2.18 bits per heavy atom. The molecule has 0 amide bonds. The molecular weight excluding hydrogens is 302 g/mol. The molecule has 1 atom stereocenters. The van der Waals surface area contributed by atoms with Gasteiger partial charge >= 0.3 is 0 Å². The lowest BCUT2D eigenvalue weighted by Crippen LogP contribution is -2.29. The fourth-order valence-electron chi connectivity index (χ4n) is 1.65. The summed E-state index contributed by atoms with van der Waals surface area (Å²) >= 11 is 9.40. The van der Waals surface area contributed by atoms with Crippen LogP contribution in [-0.2, 0) is 0 Å². The lowest BCUT2D eigenvalue weighted by atomic mass is 10.0. The zero-order valence-electron chi connectivity index (χ0n) is 8.90. The molecule has 5 heteroatoms. The van der Waals surface area contributed by atoms with E-state index in [0.29, 0.717) is 5.02 Å². The fourth-order valence-corrected chi connectivity index (χ4v) is 2.56. The van der Waals surface area contributed by atoms with Gasteiger partial charge in [-0.3, -0.25) is 10.8 Å². The minimum Gasteiger partial charge on any atom is -0.271 e. The van der Waals surface area contributed by atoms with Gasteiger partial charge in [0.25, 0.3) is 0 Å². The Balaban J connectivity index is 2.42. The molecule has 0 radical (unpaired) electrons. The number of nitrogens with zero attached hydrogens (tertiary/aromatic N) is 1. The molecule has 1 unspecified atom stereocenters. The number of nitrogens with two attached hydrogens (primary N) is 1. The number of hydrazine groups is 1. The molecule has 0 aliphatic heterocycles. The van der Waals surface area contributed by atoms with E-state index in [4.69, 9.17) is 17.4 Å². The summed E-state index contributed by atoms with van der Waals surface area (Å²) in [7, 11) is 0. The predicted molar refractivity (Wildman–Crippen MR) is 72.6 cm³/mol. The standard InChI is InChI=1S/C12H11BrClN3/c13-11-6-9(14)3-4-10(11)12(17-15)8-2-1-5-16-7-8/h1-7,12,17H,15H2. The summed E-state index contributed by atoms with van der Waals surface area (Å²) in [6, 6.07) is 9.35. The van der Waals surface area contributed by atoms with Crippen LogP contribution in [0, 0.1) is 0 Å². The molecule has 0 saturated heterocycles. The predicted octanol–water partition coefficient (Wildman–Crippen LogP) is 3.05. The average Bonchev–Trinajstić information content (AvgIpc) is 2.34. The summed E-state index contributed by atoms with van der Waals surface area (Å²) in [5, 5.41) is 0.683. The van der Waals surface area contributed by atoms with E-state index in [1.165, 1.54) is 0 Å². The molecule has 1 heterocycles. The second-order valence-electron chi connectivity index (χ2n) is 3.55. The second-order valence-corrected chi connectivity index (χ2v) is 4.84. The van der Waals surface area contributed by atoms with E-state index in [1.807, 2.05) is 30.3 Å². The van der Waals surface area contributed by atoms with Crippen LogP contribution in [0.1, 0.15) is 17.2 Å². The molecule has 0 saturated carbocycles. The molecule has 0 bridgehead atoms. The first-order chi connectivity index (χ1) is 8.22. The first kappa shape index (κ1) is 12.5. The van der Waals surface area contributed by atoms with E-state index in [1.54, 1.807) is 12.4 Å². The summed E-state index contributed by atoms with van der Waals surface area (Å²) in [5.41, 5.74) is 4.80. The maximum Gasteiger partial charge on any atom is 0.0735 e. The maximum atomic E-state index is 5.92. The van der Waals surface area contributed by atoms with Crippen molar-refractivity contribution in [3.63, 3.8) is 0 Å². The smallest absolute Gasteiger partial charge is 0.0735 e. The topological polar surface area (TPSA) is 50.9 Å². The minimum atomic E-state index is -0.115. The number of hydrogen-bond donors (Lipinski definition) is 2. The molecule has 88 valence electrons. The summed E-state index contributed by atoms with van der Waals surface area (Å²) in [6.07, 6.45) is 3.51. The van der Waals surface area contributed by atoms with Crippen LogP contribution < -0.4 is 11.3 Å². The highest BCUT2D eigenvalue weighted by molar-refractivity contribution is 9.10. The normalized spacial score (nSPS) is 12.4. The van der Waals surface area contributed by atoms with Crippen LogP contribution in [0.2, 0.25) is 5.02 Å². The highest BCUT2D eigenvalue weighted by Gasteiger charge is 2.15. The zero-order valence-corrected chi connectivity index (χ0v) is 11.2. The van der Waals surface area contributed by atoms with E-state index in [2.05, 4.69) is 26.3 Å². The average molecular weight is 313 g/mol. The summed E-state index contributed by atoms with van der Waals surface area (Å²) < 4.78 is 0.914. The van der Waals surface area contributed by atoms with Gasteiger partial charge in [0, 0.05) is 21.9 Å². The van der Waals surface area contributed by atoms with E-state index in [0.717, 1.165) is 15.6 Å². The molecule has 1 aromatic heterocycles. The molecule has 3 nitrogen and oxygen atoms in total. The Kier molecular flexibility index (Phi) is 4.12. The van der Waals surface area contributed by atoms with Crippen molar-refractivity contribution in [3.05, 3.63) is 63.3 Å². The van der Waals surface area contributed by atoms with Crippen molar-refractivity contribution in [2.75, 3.05) is 0 Å². The maximum absolute atomic E-state index is 5.92. The molecule has 0 aliphatic carbocycles. The van der Waals surface area contributed by atoms with E-state index in [9.17, 15) is 0 Å². The lowest BCUT2D eigenvalue weighted by Gasteiger charge is -2.18. The van der Waals surface area contributed by atoms with Crippen LogP contribution >= 0.6 is 27.5 Å². The largest absolute Gasteiger partial charge is 0.271 e. The molecule has 2 rings (SSSR count). The molecular formula is C12H11BrClN3. The number of benzene rings is 1. The van der Waals surface area contributed by atoms with Crippen molar-refractivity contribution >= 4 is 27.5 Å². The molecule has 2 aromatic rings. The van der Waals surface area contributed by atoms with Gasteiger partial charge in [-0.15, -0.1) is 0 Å². The van der Waals surface area contributed by atoms with Gasteiger partial charge in [-0.05, 0) is 29.3 Å². The molecule has 3 N–H and O–H groups in total. The zero-order chi connectivity index (χ0) is 12.3. The lowest BCUT2D eigenvalue weighted by molar-refractivity contribution is 0.632. The highest BCUT2D eigenvalue weighted by atomic mass is 79.9. The number of hydrogen-bond acceptors (Lipinski definition) is 3. The Labute approximate surface area is 113 Å². The third-order valence-electron chi connectivity index (χ3n) is 2.46. The monoisotopic (exact) mass is 311 g/mol. The first-order valence-corrected chi connectivity index (χ1v) is 6.20. The third-order valence-corrected chi connectivity index (χ3v) is 3.38. The van der Waals surface area contributed by atoms with Crippen LogP contribution in [0.5, 0.6) is 0 Å². The summed E-state index contributed by atoms with van der Waals surface area (Å²) in [5.74, 6) is 5.61. The van der Waals surface area contributed by atoms with Gasteiger partial charge in [0.1, 0.15) is 0 Å². The highest BCUT2D eigenvalue weighted by Crippen LogP contribution is 2.29. The molecule has 0 aliphatic rings. The number of halogens is 2. The Morgan fingerprint density at radius 1 is 1.35 bits per heavy atom. The van der Waals surface area contributed by atoms with Crippen molar-refractivity contribution in [2.24, 2.45) is 5.84 Å². The molecule has 1 aromatic carbocycles. The number of nitrogens with one attached hydrogen (secondary N) is 1. The fraction of sp³-hybridized carbons (Fsp3) is 0.0833. The van der Waals surface area contributed by atoms with Crippen molar-refractivity contribution < 1.29 is 0 Å². The van der Waals surface area contributed by atoms with Gasteiger partial charge in [-0.2, -0.15) is 0 Å². The van der Waals surface area contributed by atoms with Crippen LogP contribution in [0.15, 0.2) is 47.2 Å². The summed E-state index contributed by atoms with van der Waals surface area (Å²) in [4.78, 5) is 4.09. The van der Waals surface area contributed by atoms with Gasteiger partial charge in [0.05, 0.1) is 6.04 Å². The minimum absolute atomic E-state index is 0.115. The van der Waals surface area contributed by atoms with Crippen LogP contribution in [-0.4, -0.2) is 4.98 Å². The van der Waals surface area contributed by atoms with Crippen molar-refractivity contribution in [2.45, 2.75) is 6.04 Å². The Bertz CT molecular complexity index is 504. The Hall–Kier alpha value is -0.940. The van der Waals surface area contributed by atoms with Crippen LogP contribution in [0.4, 0.5) is 0 Å². The van der Waals surface area contributed by atoms with Gasteiger partial charge in [0.2, 0.25) is 0 Å². The Morgan fingerprint density at radius 3 is 2.76 bits per heavy atom. The van der Waals surface area contributed by atoms with E-state index in [-0.39, 0.29) is 6.04 Å².